The lowest BCUT2D eigenvalue weighted by Gasteiger charge is -2.11. The van der Waals surface area contributed by atoms with Crippen molar-refractivity contribution in [3.05, 3.63) is 41.7 Å². The van der Waals surface area contributed by atoms with E-state index in [0.29, 0.717) is 22.8 Å². The highest BCUT2D eigenvalue weighted by atomic mass is 19.4. The van der Waals surface area contributed by atoms with Gasteiger partial charge in [0.05, 0.1) is 11.4 Å². The lowest BCUT2D eigenvalue weighted by atomic mass is 10.1. The van der Waals surface area contributed by atoms with E-state index in [9.17, 15) is 13.2 Å². The van der Waals surface area contributed by atoms with E-state index in [0.717, 1.165) is 10.6 Å². The van der Waals surface area contributed by atoms with Crippen LogP contribution in [0.15, 0.2) is 30.3 Å². The molecule has 0 radical (unpaired) electrons. The summed E-state index contributed by atoms with van der Waals surface area (Å²) in [5, 5.41) is 3.86. The van der Waals surface area contributed by atoms with Gasteiger partial charge in [-0.2, -0.15) is 18.3 Å². The molecule has 3 heterocycles. The number of ether oxygens (including phenoxy) is 2. The van der Waals surface area contributed by atoms with Gasteiger partial charge in [0, 0.05) is 11.6 Å². The van der Waals surface area contributed by atoms with Gasteiger partial charge in [-0.25, -0.2) is 9.50 Å². The van der Waals surface area contributed by atoms with Crippen molar-refractivity contribution in [3.63, 3.8) is 0 Å². The molecule has 0 unspecified atom stereocenters. The Balaban J connectivity index is 1.93. The van der Waals surface area contributed by atoms with Crippen LogP contribution >= 0.6 is 0 Å². The van der Waals surface area contributed by atoms with E-state index in [2.05, 4.69) is 10.1 Å². The zero-order chi connectivity index (χ0) is 16.2. The molecule has 0 saturated heterocycles. The second kappa shape index (κ2) is 4.61. The van der Waals surface area contributed by atoms with E-state index in [1.54, 1.807) is 25.1 Å². The molecule has 2 aromatic heterocycles. The number of halogens is 3. The molecule has 0 N–H and O–H groups in total. The Morgan fingerprint density at radius 1 is 1.09 bits per heavy atom. The van der Waals surface area contributed by atoms with Gasteiger partial charge in [0.25, 0.3) is 0 Å². The minimum atomic E-state index is -4.54. The fourth-order valence-corrected chi connectivity index (χ4v) is 2.49. The van der Waals surface area contributed by atoms with Crippen LogP contribution in [0.25, 0.3) is 16.9 Å². The van der Waals surface area contributed by atoms with E-state index in [4.69, 9.17) is 9.47 Å². The Morgan fingerprint density at radius 2 is 1.87 bits per heavy atom. The third-order valence-corrected chi connectivity index (χ3v) is 3.51. The molecular formula is C15H10F3N3O2. The van der Waals surface area contributed by atoms with E-state index in [1.165, 1.54) is 6.07 Å². The second-order valence-corrected chi connectivity index (χ2v) is 5.15. The summed E-state index contributed by atoms with van der Waals surface area (Å²) in [6.45, 7) is 1.72. The van der Waals surface area contributed by atoms with Gasteiger partial charge in [-0.3, -0.25) is 0 Å². The van der Waals surface area contributed by atoms with E-state index < -0.39 is 11.9 Å². The molecular weight excluding hydrogens is 311 g/mol. The number of aryl methyl sites for hydroxylation is 1. The monoisotopic (exact) mass is 321 g/mol. The summed E-state index contributed by atoms with van der Waals surface area (Å²) in [5.41, 5.74) is 0.447. The van der Waals surface area contributed by atoms with E-state index >= 15 is 0 Å². The highest BCUT2D eigenvalue weighted by Gasteiger charge is 2.35. The van der Waals surface area contributed by atoms with Gasteiger partial charge < -0.3 is 9.47 Å². The first-order valence-electron chi connectivity index (χ1n) is 6.76. The van der Waals surface area contributed by atoms with Crippen molar-refractivity contribution in [2.75, 3.05) is 6.79 Å². The molecule has 0 fully saturated rings. The largest absolute Gasteiger partial charge is 0.454 e. The second-order valence-electron chi connectivity index (χ2n) is 5.15. The Kier molecular flexibility index (Phi) is 2.78. The SMILES string of the molecule is Cc1cc2nc(-c3ccc4c(c3)OCO4)cc(C(F)(F)F)n2n1. The normalized spacial score (nSPS) is 13.7. The summed E-state index contributed by atoms with van der Waals surface area (Å²) in [7, 11) is 0. The van der Waals surface area contributed by atoms with Crippen LogP contribution < -0.4 is 9.47 Å². The number of hydrogen-bond donors (Lipinski definition) is 0. The number of aromatic nitrogens is 3. The van der Waals surface area contributed by atoms with Gasteiger partial charge in [-0.05, 0) is 31.2 Å². The number of nitrogens with zero attached hydrogens (tertiary/aromatic N) is 3. The number of benzene rings is 1. The fraction of sp³-hybridized carbons (Fsp3) is 0.200. The average molecular weight is 321 g/mol. The predicted molar refractivity (Wildman–Crippen MR) is 74.3 cm³/mol. The highest BCUT2D eigenvalue weighted by molar-refractivity contribution is 5.66. The third-order valence-electron chi connectivity index (χ3n) is 3.51. The summed E-state index contributed by atoms with van der Waals surface area (Å²) in [6, 6.07) is 7.40. The van der Waals surface area contributed by atoms with Crippen molar-refractivity contribution in [2.24, 2.45) is 0 Å². The first kappa shape index (κ1) is 13.9. The van der Waals surface area contributed by atoms with Crippen LogP contribution in [0.2, 0.25) is 0 Å². The lowest BCUT2D eigenvalue weighted by Crippen LogP contribution is -2.13. The number of fused-ring (bicyclic) bond motifs is 2. The molecule has 1 aliphatic rings. The summed E-state index contributed by atoms with van der Waals surface area (Å²) in [4.78, 5) is 4.27. The standard InChI is InChI=1S/C15H10F3N3O2/c1-8-4-14-19-10(6-13(15(16,17)18)21(14)20-8)9-2-3-11-12(5-9)23-7-22-11/h2-6H,7H2,1H3. The van der Waals surface area contributed by atoms with Crippen molar-refractivity contribution < 1.29 is 22.6 Å². The molecule has 0 amide bonds. The maximum Gasteiger partial charge on any atom is 0.433 e. The van der Waals surface area contributed by atoms with Crippen molar-refractivity contribution >= 4 is 5.65 Å². The van der Waals surface area contributed by atoms with Crippen molar-refractivity contribution in [3.8, 4) is 22.8 Å². The van der Waals surface area contributed by atoms with E-state index in [-0.39, 0.29) is 18.1 Å². The molecule has 8 heteroatoms. The number of hydrogen-bond acceptors (Lipinski definition) is 4. The average Bonchev–Trinajstić information content (AvgIpc) is 3.08. The first-order chi connectivity index (χ1) is 10.9. The molecule has 0 saturated carbocycles. The fourth-order valence-electron chi connectivity index (χ4n) is 2.49. The van der Waals surface area contributed by atoms with Gasteiger partial charge in [-0.15, -0.1) is 0 Å². The Bertz CT molecular complexity index is 918. The summed E-state index contributed by atoms with van der Waals surface area (Å²) < 4.78 is 51.2. The first-order valence-corrected chi connectivity index (χ1v) is 6.76. The summed E-state index contributed by atoms with van der Waals surface area (Å²) >= 11 is 0. The Hall–Kier alpha value is -2.77. The quantitative estimate of drug-likeness (QED) is 0.689. The van der Waals surface area contributed by atoms with Crippen LogP contribution in [0.5, 0.6) is 11.5 Å². The van der Waals surface area contributed by atoms with Crippen LogP contribution in [-0.2, 0) is 6.18 Å². The molecule has 1 aromatic carbocycles. The number of alkyl halides is 3. The zero-order valence-corrected chi connectivity index (χ0v) is 11.9. The number of rotatable bonds is 1. The van der Waals surface area contributed by atoms with Crippen LogP contribution in [0, 0.1) is 6.92 Å². The van der Waals surface area contributed by atoms with Crippen LogP contribution in [0.1, 0.15) is 11.4 Å². The van der Waals surface area contributed by atoms with Crippen LogP contribution in [0.4, 0.5) is 13.2 Å². The maximum atomic E-state index is 13.3. The minimum Gasteiger partial charge on any atom is -0.454 e. The van der Waals surface area contributed by atoms with Crippen molar-refractivity contribution in [1.82, 2.24) is 14.6 Å². The van der Waals surface area contributed by atoms with Crippen LogP contribution in [0.3, 0.4) is 0 Å². The molecule has 1 aliphatic heterocycles. The lowest BCUT2D eigenvalue weighted by molar-refractivity contribution is -0.142. The Labute approximate surface area is 128 Å². The molecule has 4 rings (SSSR count). The molecule has 0 atom stereocenters. The van der Waals surface area contributed by atoms with Gasteiger partial charge in [-0.1, -0.05) is 0 Å². The molecule has 23 heavy (non-hydrogen) atoms. The van der Waals surface area contributed by atoms with Gasteiger partial charge in [0.15, 0.2) is 22.8 Å². The molecule has 0 bridgehead atoms. The van der Waals surface area contributed by atoms with Gasteiger partial charge in [0.2, 0.25) is 6.79 Å². The van der Waals surface area contributed by atoms with E-state index in [1.807, 2.05) is 0 Å². The molecule has 0 spiro atoms. The van der Waals surface area contributed by atoms with Gasteiger partial charge >= 0.3 is 6.18 Å². The zero-order valence-electron chi connectivity index (χ0n) is 11.9. The maximum absolute atomic E-state index is 13.3. The molecule has 118 valence electrons. The Morgan fingerprint density at radius 3 is 2.65 bits per heavy atom. The topological polar surface area (TPSA) is 48.7 Å². The minimum absolute atomic E-state index is 0.0981. The van der Waals surface area contributed by atoms with Gasteiger partial charge in [0.1, 0.15) is 0 Å². The summed E-state index contributed by atoms with van der Waals surface area (Å²) in [6.07, 6.45) is -4.54. The van der Waals surface area contributed by atoms with Crippen molar-refractivity contribution in [2.45, 2.75) is 13.1 Å². The molecule has 3 aromatic rings. The predicted octanol–water partition coefficient (Wildman–Crippen LogP) is 3.45. The third kappa shape index (κ3) is 2.26. The highest BCUT2D eigenvalue weighted by Crippen LogP contribution is 2.37. The van der Waals surface area contributed by atoms with Crippen molar-refractivity contribution in [1.29, 1.82) is 0 Å². The molecule has 5 nitrogen and oxygen atoms in total. The molecule has 0 aliphatic carbocycles. The van der Waals surface area contributed by atoms with Crippen LogP contribution in [-0.4, -0.2) is 21.4 Å². The summed E-state index contributed by atoms with van der Waals surface area (Å²) in [5.74, 6) is 1.05. The smallest absolute Gasteiger partial charge is 0.433 e.